The number of hydrogen-bond donors (Lipinski definition) is 1. The number of aromatic carboxylic acids is 1. The minimum Gasteiger partial charge on any atom is -0.476 e. The Morgan fingerprint density at radius 2 is 2.11 bits per heavy atom. The summed E-state index contributed by atoms with van der Waals surface area (Å²) >= 11 is 0.884. The number of carbonyl (C=O) groups is 1. The second-order valence-electron chi connectivity index (χ2n) is 5.04. The topological polar surface area (TPSA) is 87.6 Å². The molecule has 0 amide bonds. The highest BCUT2D eigenvalue weighted by atomic mass is 32.2. The van der Waals surface area contributed by atoms with E-state index in [1.165, 1.54) is 9.82 Å². The summed E-state index contributed by atoms with van der Waals surface area (Å²) in [5.74, 6) is -0.849. The standard InChI is InChI=1S/C11H14N2O4S2/c14-10(15)9-11(18-6-12-9)19(16,17)13(8-3-4-8)5-7-1-2-7/h6-8H,1-5H2,(H,14,15). The summed E-state index contributed by atoms with van der Waals surface area (Å²) in [6, 6.07) is 0.0503. The number of nitrogens with zero attached hydrogens (tertiary/aromatic N) is 2. The van der Waals surface area contributed by atoms with Gasteiger partial charge in [0.25, 0.3) is 10.0 Å². The van der Waals surface area contributed by atoms with Crippen LogP contribution in [0.15, 0.2) is 9.72 Å². The number of rotatable bonds is 6. The Labute approximate surface area is 115 Å². The van der Waals surface area contributed by atoms with Crippen molar-refractivity contribution in [2.24, 2.45) is 5.92 Å². The molecule has 0 unspecified atom stereocenters. The summed E-state index contributed by atoms with van der Waals surface area (Å²) in [4.78, 5) is 14.7. The van der Waals surface area contributed by atoms with Crippen molar-refractivity contribution in [3.63, 3.8) is 0 Å². The molecule has 0 spiro atoms. The Morgan fingerprint density at radius 3 is 2.63 bits per heavy atom. The van der Waals surface area contributed by atoms with Crippen molar-refractivity contribution in [2.45, 2.75) is 35.9 Å². The Morgan fingerprint density at radius 1 is 1.42 bits per heavy atom. The fourth-order valence-electron chi connectivity index (χ4n) is 2.03. The molecular weight excluding hydrogens is 288 g/mol. The Kier molecular flexibility index (Phi) is 3.11. The Hall–Kier alpha value is -0.990. The molecule has 0 aliphatic heterocycles. The minimum atomic E-state index is -3.72. The molecule has 0 bridgehead atoms. The van der Waals surface area contributed by atoms with Gasteiger partial charge in [-0.05, 0) is 31.6 Å². The van der Waals surface area contributed by atoms with Gasteiger partial charge in [0.15, 0.2) is 9.90 Å². The number of hydrogen-bond acceptors (Lipinski definition) is 5. The third kappa shape index (κ3) is 2.52. The fourth-order valence-corrected chi connectivity index (χ4v) is 5.04. The van der Waals surface area contributed by atoms with E-state index in [0.29, 0.717) is 12.5 Å². The van der Waals surface area contributed by atoms with Gasteiger partial charge in [0.05, 0.1) is 5.51 Å². The normalized spacial score (nSPS) is 19.8. The highest BCUT2D eigenvalue weighted by molar-refractivity contribution is 7.91. The quantitative estimate of drug-likeness (QED) is 0.858. The van der Waals surface area contributed by atoms with E-state index in [9.17, 15) is 13.2 Å². The van der Waals surface area contributed by atoms with E-state index in [2.05, 4.69) is 4.98 Å². The van der Waals surface area contributed by atoms with Gasteiger partial charge >= 0.3 is 5.97 Å². The molecular formula is C11H14N2O4S2. The van der Waals surface area contributed by atoms with Crippen LogP contribution in [-0.4, -0.2) is 41.4 Å². The average molecular weight is 302 g/mol. The summed E-state index contributed by atoms with van der Waals surface area (Å²) in [6.45, 7) is 0.518. The summed E-state index contributed by atoms with van der Waals surface area (Å²) in [5.41, 5.74) is 0.921. The lowest BCUT2D eigenvalue weighted by Crippen LogP contribution is -2.35. The second-order valence-corrected chi connectivity index (χ2v) is 7.98. The molecule has 1 N–H and O–H groups in total. The van der Waals surface area contributed by atoms with E-state index >= 15 is 0 Å². The Bertz CT molecular complexity index is 602. The summed E-state index contributed by atoms with van der Waals surface area (Å²) in [7, 11) is -3.72. The van der Waals surface area contributed by atoms with Gasteiger partial charge in [-0.15, -0.1) is 11.3 Å². The number of thiazole rings is 1. The maximum absolute atomic E-state index is 12.6. The third-order valence-electron chi connectivity index (χ3n) is 3.37. The number of carboxylic acid groups (broad SMARTS) is 1. The Balaban J connectivity index is 1.94. The van der Waals surface area contributed by atoms with Crippen molar-refractivity contribution in [3.8, 4) is 0 Å². The number of aromatic nitrogens is 1. The molecule has 104 valence electrons. The van der Waals surface area contributed by atoms with Crippen molar-refractivity contribution in [1.29, 1.82) is 0 Å². The van der Waals surface area contributed by atoms with Gasteiger partial charge in [-0.2, -0.15) is 4.31 Å². The molecule has 2 aliphatic carbocycles. The smallest absolute Gasteiger partial charge is 0.356 e. The van der Waals surface area contributed by atoms with E-state index < -0.39 is 16.0 Å². The molecule has 0 radical (unpaired) electrons. The zero-order valence-corrected chi connectivity index (χ0v) is 11.8. The van der Waals surface area contributed by atoms with Crippen molar-refractivity contribution in [1.82, 2.24) is 9.29 Å². The molecule has 0 atom stereocenters. The van der Waals surface area contributed by atoms with E-state index in [-0.39, 0.29) is 15.9 Å². The predicted molar refractivity (Wildman–Crippen MR) is 68.7 cm³/mol. The van der Waals surface area contributed by atoms with Crippen molar-refractivity contribution < 1.29 is 18.3 Å². The lowest BCUT2D eigenvalue weighted by Gasteiger charge is -2.20. The van der Waals surface area contributed by atoms with Gasteiger partial charge in [-0.1, -0.05) is 0 Å². The first-order chi connectivity index (χ1) is 9.00. The monoisotopic (exact) mass is 302 g/mol. The van der Waals surface area contributed by atoms with Gasteiger partial charge in [0.2, 0.25) is 0 Å². The van der Waals surface area contributed by atoms with Crippen LogP contribution in [0.25, 0.3) is 0 Å². The maximum atomic E-state index is 12.6. The summed E-state index contributed by atoms with van der Waals surface area (Å²) < 4.78 is 26.6. The zero-order valence-electron chi connectivity index (χ0n) is 10.2. The first kappa shape index (κ1) is 13.0. The SMILES string of the molecule is O=C(O)c1ncsc1S(=O)(=O)N(CC1CC1)C1CC1. The largest absolute Gasteiger partial charge is 0.476 e. The van der Waals surface area contributed by atoms with Gasteiger partial charge in [-0.3, -0.25) is 0 Å². The van der Waals surface area contributed by atoms with Crippen molar-refractivity contribution in [2.75, 3.05) is 6.54 Å². The van der Waals surface area contributed by atoms with Gasteiger partial charge < -0.3 is 5.11 Å². The molecule has 8 heteroatoms. The van der Waals surface area contributed by atoms with Crippen molar-refractivity contribution >= 4 is 27.3 Å². The lowest BCUT2D eigenvalue weighted by atomic mass is 10.4. The average Bonchev–Trinajstić information content (AvgIpc) is 3.24. The molecule has 1 aromatic heterocycles. The first-order valence-corrected chi connectivity index (χ1v) is 8.50. The van der Waals surface area contributed by atoms with E-state index in [1.54, 1.807) is 0 Å². The molecule has 6 nitrogen and oxygen atoms in total. The molecule has 1 aromatic rings. The predicted octanol–water partition coefficient (Wildman–Crippen LogP) is 1.40. The summed E-state index contributed by atoms with van der Waals surface area (Å²) in [5, 5.41) is 9.01. The van der Waals surface area contributed by atoms with Crippen LogP contribution in [-0.2, 0) is 10.0 Å². The highest BCUT2D eigenvalue weighted by Gasteiger charge is 2.43. The zero-order chi connectivity index (χ0) is 13.6. The van der Waals surface area contributed by atoms with Gasteiger partial charge in [0, 0.05) is 12.6 Å². The molecule has 3 rings (SSSR count). The van der Waals surface area contributed by atoms with Crippen LogP contribution in [0.1, 0.15) is 36.2 Å². The molecule has 19 heavy (non-hydrogen) atoms. The first-order valence-electron chi connectivity index (χ1n) is 6.19. The highest BCUT2D eigenvalue weighted by Crippen LogP contribution is 2.39. The van der Waals surface area contributed by atoms with E-state index in [1.807, 2.05) is 0 Å². The third-order valence-corrected chi connectivity index (χ3v) is 6.64. The fraction of sp³-hybridized carbons (Fsp3) is 0.636. The van der Waals surface area contributed by atoms with Gasteiger partial charge in [0.1, 0.15) is 0 Å². The molecule has 1 heterocycles. The van der Waals surface area contributed by atoms with Crippen LogP contribution in [0.2, 0.25) is 0 Å². The van der Waals surface area contributed by atoms with Crippen LogP contribution in [0.5, 0.6) is 0 Å². The molecule has 2 fully saturated rings. The van der Waals surface area contributed by atoms with Crippen LogP contribution in [0, 0.1) is 5.92 Å². The second kappa shape index (κ2) is 4.53. The maximum Gasteiger partial charge on any atom is 0.356 e. The number of sulfonamides is 1. The molecule has 2 saturated carbocycles. The van der Waals surface area contributed by atoms with Crippen LogP contribution >= 0.6 is 11.3 Å². The summed E-state index contributed by atoms with van der Waals surface area (Å²) in [6.07, 6.45) is 3.86. The molecule has 0 aromatic carbocycles. The van der Waals surface area contributed by atoms with E-state index in [4.69, 9.17) is 5.11 Å². The van der Waals surface area contributed by atoms with Gasteiger partial charge in [-0.25, -0.2) is 18.2 Å². The van der Waals surface area contributed by atoms with E-state index in [0.717, 1.165) is 37.0 Å². The minimum absolute atomic E-state index is 0.0503. The molecule has 0 saturated heterocycles. The number of carboxylic acids is 1. The van der Waals surface area contributed by atoms with Crippen LogP contribution in [0.4, 0.5) is 0 Å². The van der Waals surface area contributed by atoms with Crippen LogP contribution < -0.4 is 0 Å². The lowest BCUT2D eigenvalue weighted by molar-refractivity contribution is 0.0687. The van der Waals surface area contributed by atoms with Crippen molar-refractivity contribution in [3.05, 3.63) is 11.2 Å². The van der Waals surface area contributed by atoms with Crippen LogP contribution in [0.3, 0.4) is 0 Å². The molecule has 2 aliphatic rings.